The highest BCUT2D eigenvalue weighted by Gasteiger charge is 2.23. The van der Waals surface area contributed by atoms with Crippen LogP contribution in [0.4, 0.5) is 0 Å². The summed E-state index contributed by atoms with van der Waals surface area (Å²) in [5.41, 5.74) is 0.453. The molecule has 0 aromatic heterocycles. The Morgan fingerprint density at radius 1 is 1.29 bits per heavy atom. The lowest BCUT2D eigenvalue weighted by Crippen LogP contribution is -2.34. The van der Waals surface area contributed by atoms with E-state index < -0.39 is 10.0 Å². The highest BCUT2D eigenvalue weighted by Crippen LogP contribution is 2.17. The number of hydrogen-bond acceptors (Lipinski definition) is 5. The molecule has 0 radical (unpaired) electrons. The van der Waals surface area contributed by atoms with Gasteiger partial charge in [-0.2, -0.15) is 9.57 Å². The van der Waals surface area contributed by atoms with Crippen LogP contribution in [-0.2, 0) is 14.8 Å². The lowest BCUT2D eigenvalue weighted by molar-refractivity contribution is 0.101. The Kier molecular flexibility index (Phi) is 6.49. The zero-order chi connectivity index (χ0) is 15.9. The molecule has 0 bridgehead atoms. The molecule has 1 rings (SSSR count). The molecule has 0 aliphatic rings. The van der Waals surface area contributed by atoms with Crippen molar-refractivity contribution in [3.8, 4) is 6.07 Å². The van der Waals surface area contributed by atoms with Gasteiger partial charge in [0.2, 0.25) is 10.0 Å². The van der Waals surface area contributed by atoms with Gasteiger partial charge in [0.1, 0.15) is 0 Å². The molecule has 21 heavy (non-hydrogen) atoms. The van der Waals surface area contributed by atoms with Crippen LogP contribution in [0.25, 0.3) is 0 Å². The second kappa shape index (κ2) is 7.88. The molecule has 0 N–H and O–H groups in total. The third kappa shape index (κ3) is 4.63. The second-order valence-electron chi connectivity index (χ2n) is 4.39. The monoisotopic (exact) mass is 310 g/mol. The normalized spacial score (nSPS) is 11.3. The van der Waals surface area contributed by atoms with Gasteiger partial charge >= 0.3 is 0 Å². The molecular formula is C14H18N2O4S. The van der Waals surface area contributed by atoms with E-state index in [4.69, 9.17) is 10.00 Å². The predicted molar refractivity (Wildman–Crippen MR) is 77.3 cm³/mol. The first kappa shape index (κ1) is 17.3. The van der Waals surface area contributed by atoms with Gasteiger partial charge in [-0.1, -0.05) is 12.1 Å². The van der Waals surface area contributed by atoms with Crippen molar-refractivity contribution in [3.05, 3.63) is 29.8 Å². The molecular weight excluding hydrogens is 292 g/mol. The van der Waals surface area contributed by atoms with E-state index >= 15 is 0 Å². The summed E-state index contributed by atoms with van der Waals surface area (Å²) in [4.78, 5) is 11.3. The first-order valence-electron chi connectivity index (χ1n) is 6.40. The summed E-state index contributed by atoms with van der Waals surface area (Å²) < 4.78 is 31.1. The average Bonchev–Trinajstić information content (AvgIpc) is 2.47. The van der Waals surface area contributed by atoms with Crippen LogP contribution in [0.15, 0.2) is 29.2 Å². The maximum atomic E-state index is 12.5. The highest BCUT2D eigenvalue weighted by molar-refractivity contribution is 7.89. The van der Waals surface area contributed by atoms with Crippen molar-refractivity contribution in [2.24, 2.45) is 0 Å². The van der Waals surface area contributed by atoms with Gasteiger partial charge in [0.05, 0.1) is 17.6 Å². The number of carbonyl (C=O) groups is 1. The third-order valence-electron chi connectivity index (χ3n) is 2.92. The molecule has 7 heteroatoms. The quantitative estimate of drug-likeness (QED) is 0.678. The molecule has 1 aromatic rings. The van der Waals surface area contributed by atoms with Gasteiger partial charge in [-0.25, -0.2) is 8.42 Å². The predicted octanol–water partition coefficient (Wildman–Crippen LogP) is 1.44. The number of ether oxygens (including phenoxy) is 1. The molecule has 0 heterocycles. The highest BCUT2D eigenvalue weighted by atomic mass is 32.2. The minimum atomic E-state index is -3.70. The number of methoxy groups -OCH3 is 1. The Bertz CT molecular complexity index is 617. The number of rotatable bonds is 8. The first-order chi connectivity index (χ1) is 9.93. The number of carbonyl (C=O) groups excluding carboxylic acids is 1. The van der Waals surface area contributed by atoms with E-state index in [1.165, 1.54) is 42.6 Å². The van der Waals surface area contributed by atoms with Crippen molar-refractivity contribution in [2.45, 2.75) is 18.2 Å². The van der Waals surface area contributed by atoms with Gasteiger partial charge in [0.25, 0.3) is 0 Å². The molecule has 0 atom stereocenters. The smallest absolute Gasteiger partial charge is 0.243 e. The van der Waals surface area contributed by atoms with Gasteiger partial charge in [0.15, 0.2) is 5.78 Å². The van der Waals surface area contributed by atoms with Gasteiger partial charge in [-0.3, -0.25) is 4.79 Å². The number of benzene rings is 1. The minimum absolute atomic E-state index is 0.0987. The zero-order valence-corrected chi connectivity index (χ0v) is 12.9. The molecule has 0 unspecified atom stereocenters. The van der Waals surface area contributed by atoms with Crippen LogP contribution in [0.3, 0.4) is 0 Å². The lowest BCUT2D eigenvalue weighted by Gasteiger charge is -2.20. The summed E-state index contributed by atoms with van der Waals surface area (Å²) in [6, 6.07) is 7.69. The molecule has 0 saturated carbocycles. The molecule has 0 aliphatic carbocycles. The Morgan fingerprint density at radius 3 is 2.38 bits per heavy atom. The maximum absolute atomic E-state index is 12.5. The summed E-state index contributed by atoms with van der Waals surface area (Å²) in [6.07, 6.45) is 0.106. The largest absolute Gasteiger partial charge is 0.383 e. The summed E-state index contributed by atoms with van der Waals surface area (Å²) in [5.74, 6) is -0.125. The number of hydrogen-bond donors (Lipinski definition) is 0. The lowest BCUT2D eigenvalue weighted by atomic mass is 10.2. The Balaban J connectivity index is 3.03. The van der Waals surface area contributed by atoms with Crippen molar-refractivity contribution in [1.29, 1.82) is 5.26 Å². The number of nitrogens with zero attached hydrogens (tertiary/aromatic N) is 2. The van der Waals surface area contributed by atoms with Crippen molar-refractivity contribution in [2.75, 3.05) is 26.8 Å². The fourth-order valence-corrected chi connectivity index (χ4v) is 3.16. The zero-order valence-electron chi connectivity index (χ0n) is 12.1. The van der Waals surface area contributed by atoms with Crippen LogP contribution < -0.4 is 0 Å². The number of Topliss-reactive ketones (excluding diaryl/α,β-unsaturated/α-hetero) is 1. The van der Waals surface area contributed by atoms with E-state index in [1.807, 2.05) is 6.07 Å². The molecule has 0 amide bonds. The SMILES string of the molecule is COCCN(CCC#N)S(=O)(=O)c1ccc(C(C)=O)cc1. The van der Waals surface area contributed by atoms with Gasteiger partial charge in [0, 0.05) is 32.2 Å². The Labute approximate surface area is 125 Å². The second-order valence-corrected chi connectivity index (χ2v) is 6.32. The summed E-state index contributed by atoms with van der Waals surface area (Å²) in [5, 5.41) is 8.63. The van der Waals surface area contributed by atoms with E-state index in [-0.39, 0.29) is 36.8 Å². The molecule has 114 valence electrons. The van der Waals surface area contributed by atoms with Crippen LogP contribution in [0.1, 0.15) is 23.7 Å². The Morgan fingerprint density at radius 2 is 1.90 bits per heavy atom. The van der Waals surface area contributed by atoms with Crippen molar-refractivity contribution in [3.63, 3.8) is 0 Å². The van der Waals surface area contributed by atoms with Crippen molar-refractivity contribution in [1.82, 2.24) is 4.31 Å². The molecule has 0 spiro atoms. The minimum Gasteiger partial charge on any atom is -0.383 e. The summed E-state index contributed by atoms with van der Waals surface area (Å²) in [6.45, 7) is 1.95. The summed E-state index contributed by atoms with van der Waals surface area (Å²) in [7, 11) is -2.21. The number of nitriles is 1. The van der Waals surface area contributed by atoms with Crippen LogP contribution in [0.2, 0.25) is 0 Å². The fourth-order valence-electron chi connectivity index (χ4n) is 1.73. The topological polar surface area (TPSA) is 87.5 Å². The number of sulfonamides is 1. The first-order valence-corrected chi connectivity index (χ1v) is 7.84. The van der Waals surface area contributed by atoms with Gasteiger partial charge in [-0.15, -0.1) is 0 Å². The van der Waals surface area contributed by atoms with Crippen LogP contribution in [0, 0.1) is 11.3 Å². The van der Waals surface area contributed by atoms with Crippen LogP contribution in [-0.4, -0.2) is 45.3 Å². The number of ketones is 1. The van der Waals surface area contributed by atoms with Crippen LogP contribution >= 0.6 is 0 Å². The van der Waals surface area contributed by atoms with Crippen molar-refractivity contribution >= 4 is 15.8 Å². The maximum Gasteiger partial charge on any atom is 0.243 e. The van der Waals surface area contributed by atoms with Crippen LogP contribution in [0.5, 0.6) is 0 Å². The van der Waals surface area contributed by atoms with Gasteiger partial charge in [-0.05, 0) is 19.1 Å². The molecule has 0 saturated heterocycles. The third-order valence-corrected chi connectivity index (χ3v) is 4.83. The van der Waals surface area contributed by atoms with E-state index in [1.54, 1.807) is 0 Å². The standard InChI is InChI=1S/C14H18N2O4S/c1-12(17)13-4-6-14(7-5-13)21(18,19)16(9-3-8-15)10-11-20-2/h4-7H,3,9-11H2,1-2H3. The Hall–Kier alpha value is -1.75. The van der Waals surface area contributed by atoms with Crippen molar-refractivity contribution < 1.29 is 17.9 Å². The van der Waals surface area contributed by atoms with E-state index in [0.29, 0.717) is 5.56 Å². The van der Waals surface area contributed by atoms with E-state index in [2.05, 4.69) is 0 Å². The fraction of sp³-hybridized carbons (Fsp3) is 0.429. The molecule has 6 nitrogen and oxygen atoms in total. The van der Waals surface area contributed by atoms with E-state index in [0.717, 1.165) is 0 Å². The molecule has 0 aliphatic heterocycles. The summed E-state index contributed by atoms with van der Waals surface area (Å²) >= 11 is 0. The molecule has 0 fully saturated rings. The molecule has 1 aromatic carbocycles. The van der Waals surface area contributed by atoms with Gasteiger partial charge < -0.3 is 4.74 Å². The average molecular weight is 310 g/mol. The van der Waals surface area contributed by atoms with E-state index in [9.17, 15) is 13.2 Å².